The van der Waals surface area contributed by atoms with Crippen molar-refractivity contribution >= 4 is 34.6 Å². The molecule has 0 spiro atoms. The number of carbonyl (C=O) groups is 1. The summed E-state index contributed by atoms with van der Waals surface area (Å²) in [7, 11) is 1.62. The summed E-state index contributed by atoms with van der Waals surface area (Å²) in [5.74, 6) is 1.79. The SMILES string of the molecule is COc1cc(/C=C2\SC(=Nc3c(C)cccc3C)NC2=O)ccc1OCCC(C)C. The molecule has 0 aromatic heterocycles. The van der Waals surface area contributed by atoms with Crippen LogP contribution in [-0.4, -0.2) is 24.8 Å². The molecule has 0 aliphatic carbocycles. The number of nitrogens with one attached hydrogen (secondary N) is 1. The fourth-order valence-electron chi connectivity index (χ4n) is 3.01. The molecule has 0 bridgehead atoms. The number of amidine groups is 1. The zero-order chi connectivity index (χ0) is 21.7. The van der Waals surface area contributed by atoms with Crippen LogP contribution in [0.25, 0.3) is 6.08 Å². The van der Waals surface area contributed by atoms with Crippen LogP contribution in [0.3, 0.4) is 0 Å². The summed E-state index contributed by atoms with van der Waals surface area (Å²) in [6.45, 7) is 9.00. The Bertz CT molecular complexity index is 976. The summed E-state index contributed by atoms with van der Waals surface area (Å²) in [6, 6.07) is 11.7. The summed E-state index contributed by atoms with van der Waals surface area (Å²) in [4.78, 5) is 17.7. The van der Waals surface area contributed by atoms with Gasteiger partial charge in [0.1, 0.15) is 0 Å². The van der Waals surface area contributed by atoms with Gasteiger partial charge >= 0.3 is 0 Å². The van der Waals surface area contributed by atoms with Crippen molar-refractivity contribution in [2.75, 3.05) is 13.7 Å². The molecule has 0 atom stereocenters. The van der Waals surface area contributed by atoms with Crippen molar-refractivity contribution in [3.8, 4) is 11.5 Å². The van der Waals surface area contributed by atoms with E-state index in [0.29, 0.717) is 34.1 Å². The lowest BCUT2D eigenvalue weighted by molar-refractivity contribution is -0.115. The van der Waals surface area contributed by atoms with E-state index in [4.69, 9.17) is 9.47 Å². The first-order chi connectivity index (χ1) is 14.4. The van der Waals surface area contributed by atoms with Gasteiger partial charge in [-0.15, -0.1) is 0 Å². The van der Waals surface area contributed by atoms with Gasteiger partial charge in [0.25, 0.3) is 5.91 Å². The van der Waals surface area contributed by atoms with E-state index in [1.807, 2.05) is 56.3 Å². The van der Waals surface area contributed by atoms with Crippen LogP contribution in [0.15, 0.2) is 46.3 Å². The second-order valence-electron chi connectivity index (χ2n) is 7.66. The molecule has 1 N–H and O–H groups in total. The highest BCUT2D eigenvalue weighted by Gasteiger charge is 2.24. The minimum Gasteiger partial charge on any atom is -0.493 e. The number of para-hydroxylation sites is 1. The van der Waals surface area contributed by atoms with Gasteiger partial charge < -0.3 is 14.8 Å². The largest absolute Gasteiger partial charge is 0.493 e. The van der Waals surface area contributed by atoms with E-state index in [9.17, 15) is 4.79 Å². The number of amides is 1. The Hall–Kier alpha value is -2.73. The number of thioether (sulfide) groups is 1. The Morgan fingerprint density at radius 1 is 1.13 bits per heavy atom. The van der Waals surface area contributed by atoms with Gasteiger partial charge in [0.2, 0.25) is 0 Å². The third kappa shape index (κ3) is 5.45. The Labute approximate surface area is 182 Å². The maximum Gasteiger partial charge on any atom is 0.264 e. The molecule has 1 aliphatic heterocycles. The Kier molecular flexibility index (Phi) is 7.21. The quantitative estimate of drug-likeness (QED) is 0.585. The van der Waals surface area contributed by atoms with E-state index in [-0.39, 0.29) is 5.91 Å². The minimum atomic E-state index is -0.152. The maximum absolute atomic E-state index is 12.4. The number of hydrogen-bond donors (Lipinski definition) is 1. The summed E-state index contributed by atoms with van der Waals surface area (Å²) in [6.07, 6.45) is 2.82. The van der Waals surface area contributed by atoms with E-state index < -0.39 is 0 Å². The molecule has 1 aliphatic rings. The molecule has 1 fully saturated rings. The number of benzene rings is 2. The summed E-state index contributed by atoms with van der Waals surface area (Å²) < 4.78 is 11.3. The van der Waals surface area contributed by atoms with E-state index in [1.165, 1.54) is 11.8 Å². The second-order valence-corrected chi connectivity index (χ2v) is 8.69. The Balaban J connectivity index is 1.78. The van der Waals surface area contributed by atoms with Crippen molar-refractivity contribution in [2.24, 2.45) is 10.9 Å². The second kappa shape index (κ2) is 9.85. The molecule has 158 valence electrons. The molecule has 1 amide bonds. The third-order valence-corrected chi connectivity index (χ3v) is 5.65. The van der Waals surface area contributed by atoms with Gasteiger partial charge in [-0.25, -0.2) is 4.99 Å². The van der Waals surface area contributed by atoms with Crippen LogP contribution in [0.4, 0.5) is 5.69 Å². The fourth-order valence-corrected chi connectivity index (χ4v) is 3.84. The van der Waals surface area contributed by atoms with E-state index in [2.05, 4.69) is 24.2 Å². The highest BCUT2D eigenvalue weighted by molar-refractivity contribution is 8.18. The highest BCUT2D eigenvalue weighted by Crippen LogP contribution is 2.33. The number of nitrogens with zero attached hydrogens (tertiary/aromatic N) is 1. The molecule has 3 rings (SSSR count). The molecule has 6 heteroatoms. The molecule has 0 radical (unpaired) electrons. The Morgan fingerprint density at radius 2 is 1.87 bits per heavy atom. The van der Waals surface area contributed by atoms with Crippen LogP contribution in [0, 0.1) is 19.8 Å². The van der Waals surface area contributed by atoms with Crippen LogP contribution < -0.4 is 14.8 Å². The van der Waals surface area contributed by atoms with E-state index in [1.54, 1.807) is 7.11 Å². The molecule has 5 nitrogen and oxygen atoms in total. The first-order valence-electron chi connectivity index (χ1n) is 10.0. The van der Waals surface area contributed by atoms with Crippen LogP contribution in [0.2, 0.25) is 0 Å². The van der Waals surface area contributed by atoms with Crippen LogP contribution in [-0.2, 0) is 4.79 Å². The van der Waals surface area contributed by atoms with Gasteiger partial charge in [-0.1, -0.05) is 38.1 Å². The maximum atomic E-state index is 12.4. The first-order valence-corrected chi connectivity index (χ1v) is 10.9. The predicted octanol–water partition coefficient (Wildman–Crippen LogP) is 5.63. The molecular formula is C24H28N2O3S. The van der Waals surface area contributed by atoms with Crippen molar-refractivity contribution in [1.82, 2.24) is 5.32 Å². The summed E-state index contributed by atoms with van der Waals surface area (Å²) >= 11 is 1.34. The lowest BCUT2D eigenvalue weighted by Gasteiger charge is -2.12. The van der Waals surface area contributed by atoms with Crippen molar-refractivity contribution in [3.63, 3.8) is 0 Å². The number of hydrogen-bond acceptors (Lipinski definition) is 5. The molecule has 0 saturated carbocycles. The van der Waals surface area contributed by atoms with Crippen molar-refractivity contribution in [3.05, 3.63) is 58.0 Å². The molecule has 2 aromatic rings. The minimum absolute atomic E-state index is 0.152. The number of aryl methyl sites for hydroxylation is 2. The van der Waals surface area contributed by atoms with Crippen LogP contribution >= 0.6 is 11.8 Å². The zero-order valence-corrected chi connectivity index (χ0v) is 18.9. The smallest absolute Gasteiger partial charge is 0.264 e. The first kappa shape index (κ1) is 22.0. The highest BCUT2D eigenvalue weighted by atomic mass is 32.2. The average molecular weight is 425 g/mol. The number of aliphatic imine (C=N–C) groups is 1. The normalized spacial score (nSPS) is 16.4. The van der Waals surface area contributed by atoms with Gasteiger partial charge in [-0.3, -0.25) is 4.79 Å². The molecule has 1 saturated heterocycles. The molecule has 2 aromatic carbocycles. The van der Waals surface area contributed by atoms with Crippen molar-refractivity contribution in [1.29, 1.82) is 0 Å². The summed E-state index contributed by atoms with van der Waals surface area (Å²) in [5, 5.41) is 3.44. The third-order valence-electron chi connectivity index (χ3n) is 4.74. The van der Waals surface area contributed by atoms with Gasteiger partial charge in [0.05, 0.1) is 24.3 Å². The van der Waals surface area contributed by atoms with Crippen LogP contribution in [0.5, 0.6) is 11.5 Å². The van der Waals surface area contributed by atoms with Gasteiger partial charge in [0, 0.05) is 0 Å². The van der Waals surface area contributed by atoms with E-state index in [0.717, 1.165) is 28.8 Å². The van der Waals surface area contributed by atoms with Gasteiger partial charge in [-0.05, 0) is 72.8 Å². The predicted molar refractivity (Wildman–Crippen MR) is 125 cm³/mol. The van der Waals surface area contributed by atoms with Gasteiger partial charge in [0.15, 0.2) is 16.7 Å². The lowest BCUT2D eigenvalue weighted by atomic mass is 10.1. The topological polar surface area (TPSA) is 59.9 Å². The average Bonchev–Trinajstić information content (AvgIpc) is 3.04. The fraction of sp³-hybridized carbons (Fsp3) is 0.333. The summed E-state index contributed by atoms with van der Waals surface area (Å²) in [5.41, 5.74) is 3.92. The molecule has 0 unspecified atom stereocenters. The lowest BCUT2D eigenvalue weighted by Crippen LogP contribution is -2.19. The zero-order valence-electron chi connectivity index (χ0n) is 18.1. The molecule has 1 heterocycles. The Morgan fingerprint density at radius 3 is 2.53 bits per heavy atom. The van der Waals surface area contributed by atoms with Crippen LogP contribution in [0.1, 0.15) is 37.0 Å². The van der Waals surface area contributed by atoms with Crippen molar-refractivity contribution < 1.29 is 14.3 Å². The molecule has 30 heavy (non-hydrogen) atoms. The van der Waals surface area contributed by atoms with E-state index >= 15 is 0 Å². The monoisotopic (exact) mass is 424 g/mol. The number of rotatable bonds is 7. The molecular weight excluding hydrogens is 396 g/mol. The van der Waals surface area contributed by atoms with Crippen molar-refractivity contribution in [2.45, 2.75) is 34.1 Å². The number of ether oxygens (including phenoxy) is 2. The number of methoxy groups -OCH3 is 1. The standard InChI is InChI=1S/C24H28N2O3S/c1-15(2)11-12-29-19-10-9-18(13-20(19)28-5)14-21-23(27)26-24(30-21)25-22-16(3)7-6-8-17(22)4/h6-10,13-15H,11-12H2,1-5H3,(H,25,26,27)/b21-14-. The number of carbonyl (C=O) groups excluding carboxylic acids is 1. The van der Waals surface area contributed by atoms with Gasteiger partial charge in [-0.2, -0.15) is 0 Å².